The standard InChI is InChI=1S/C20H19N3O3/c1-3-12-21-20(24)16-6-4-5-7-17(16)25-13-18-22-19(23-26-18)15-10-8-14(2)9-11-15/h3-11H,1,12-13H2,2H3,(H,21,24). The molecule has 132 valence electrons. The number of aromatic nitrogens is 2. The number of para-hydroxylation sites is 1. The zero-order chi connectivity index (χ0) is 18.4. The highest BCUT2D eigenvalue weighted by atomic mass is 16.5. The van der Waals surface area contributed by atoms with Crippen molar-refractivity contribution in [3.8, 4) is 17.1 Å². The van der Waals surface area contributed by atoms with E-state index in [4.69, 9.17) is 9.26 Å². The van der Waals surface area contributed by atoms with Crippen LogP contribution in [0.4, 0.5) is 0 Å². The van der Waals surface area contributed by atoms with Gasteiger partial charge >= 0.3 is 0 Å². The SMILES string of the molecule is C=CCNC(=O)c1ccccc1OCc1nc(-c2ccc(C)cc2)no1. The van der Waals surface area contributed by atoms with Crippen LogP contribution in [0.2, 0.25) is 0 Å². The van der Waals surface area contributed by atoms with Gasteiger partial charge in [-0.3, -0.25) is 4.79 Å². The van der Waals surface area contributed by atoms with Gasteiger partial charge in [-0.1, -0.05) is 53.2 Å². The van der Waals surface area contributed by atoms with Gasteiger partial charge in [0.2, 0.25) is 5.82 Å². The van der Waals surface area contributed by atoms with E-state index in [0.717, 1.165) is 11.1 Å². The number of rotatable bonds is 7. The highest BCUT2D eigenvalue weighted by Gasteiger charge is 2.13. The molecule has 26 heavy (non-hydrogen) atoms. The molecule has 0 aliphatic rings. The summed E-state index contributed by atoms with van der Waals surface area (Å²) in [6.45, 7) is 6.06. The molecular formula is C20H19N3O3. The monoisotopic (exact) mass is 349 g/mol. The van der Waals surface area contributed by atoms with Crippen LogP contribution >= 0.6 is 0 Å². The van der Waals surface area contributed by atoms with E-state index in [2.05, 4.69) is 22.0 Å². The minimum Gasteiger partial charge on any atom is -0.483 e. The molecule has 2 aromatic carbocycles. The van der Waals surface area contributed by atoms with E-state index < -0.39 is 0 Å². The first kappa shape index (κ1) is 17.4. The molecule has 0 spiro atoms. The Morgan fingerprint density at radius 2 is 2.00 bits per heavy atom. The normalized spacial score (nSPS) is 10.3. The van der Waals surface area contributed by atoms with Crippen molar-refractivity contribution in [3.05, 3.63) is 78.2 Å². The third-order valence-electron chi connectivity index (χ3n) is 3.67. The molecular weight excluding hydrogens is 330 g/mol. The molecule has 1 N–H and O–H groups in total. The van der Waals surface area contributed by atoms with E-state index in [1.807, 2.05) is 31.2 Å². The fraction of sp³-hybridized carbons (Fsp3) is 0.150. The number of nitrogens with zero attached hydrogens (tertiary/aromatic N) is 2. The van der Waals surface area contributed by atoms with E-state index in [1.54, 1.807) is 30.3 Å². The Labute approximate surface area is 151 Å². The van der Waals surface area contributed by atoms with Crippen LogP contribution in [0.15, 0.2) is 65.7 Å². The molecule has 0 saturated carbocycles. The summed E-state index contributed by atoms with van der Waals surface area (Å²) < 4.78 is 10.9. The summed E-state index contributed by atoms with van der Waals surface area (Å²) in [7, 11) is 0. The summed E-state index contributed by atoms with van der Waals surface area (Å²) in [5.74, 6) is 1.05. The summed E-state index contributed by atoms with van der Waals surface area (Å²) in [6.07, 6.45) is 1.62. The zero-order valence-corrected chi connectivity index (χ0v) is 14.4. The number of aryl methyl sites for hydroxylation is 1. The molecule has 1 aromatic heterocycles. The number of hydrogen-bond donors (Lipinski definition) is 1. The molecule has 1 heterocycles. The van der Waals surface area contributed by atoms with Crippen molar-refractivity contribution in [2.75, 3.05) is 6.54 Å². The molecule has 0 unspecified atom stereocenters. The topological polar surface area (TPSA) is 77.2 Å². The van der Waals surface area contributed by atoms with Gasteiger partial charge in [-0.05, 0) is 19.1 Å². The van der Waals surface area contributed by atoms with Crippen molar-refractivity contribution in [1.29, 1.82) is 0 Å². The highest BCUT2D eigenvalue weighted by molar-refractivity contribution is 5.96. The molecule has 0 atom stereocenters. The molecule has 0 saturated heterocycles. The molecule has 0 aliphatic carbocycles. The first-order chi connectivity index (χ1) is 12.7. The Morgan fingerprint density at radius 3 is 2.77 bits per heavy atom. The van der Waals surface area contributed by atoms with Gasteiger partial charge in [-0.25, -0.2) is 0 Å². The summed E-state index contributed by atoms with van der Waals surface area (Å²) in [5, 5.41) is 6.70. The second-order valence-electron chi connectivity index (χ2n) is 5.66. The van der Waals surface area contributed by atoms with Crippen LogP contribution in [0.25, 0.3) is 11.4 Å². The van der Waals surface area contributed by atoms with Crippen molar-refractivity contribution >= 4 is 5.91 Å². The number of ether oxygens (including phenoxy) is 1. The maximum absolute atomic E-state index is 12.2. The van der Waals surface area contributed by atoms with Gasteiger partial charge in [0.25, 0.3) is 11.8 Å². The lowest BCUT2D eigenvalue weighted by Crippen LogP contribution is -2.23. The van der Waals surface area contributed by atoms with Crippen LogP contribution in [-0.2, 0) is 6.61 Å². The number of benzene rings is 2. The van der Waals surface area contributed by atoms with Crippen molar-refractivity contribution in [1.82, 2.24) is 15.5 Å². The fourth-order valence-electron chi connectivity index (χ4n) is 2.31. The van der Waals surface area contributed by atoms with Crippen molar-refractivity contribution < 1.29 is 14.1 Å². The summed E-state index contributed by atoms with van der Waals surface area (Å²) in [4.78, 5) is 16.5. The first-order valence-electron chi connectivity index (χ1n) is 8.18. The van der Waals surface area contributed by atoms with Crippen LogP contribution in [-0.4, -0.2) is 22.6 Å². The van der Waals surface area contributed by atoms with Gasteiger partial charge in [0.15, 0.2) is 6.61 Å². The quantitative estimate of drug-likeness (QED) is 0.660. The van der Waals surface area contributed by atoms with Crippen LogP contribution < -0.4 is 10.1 Å². The molecule has 3 aromatic rings. The molecule has 0 aliphatic heterocycles. The molecule has 0 radical (unpaired) electrons. The largest absolute Gasteiger partial charge is 0.483 e. The molecule has 0 fully saturated rings. The first-order valence-corrected chi connectivity index (χ1v) is 8.18. The van der Waals surface area contributed by atoms with E-state index in [1.165, 1.54) is 0 Å². The minimum absolute atomic E-state index is 0.0740. The Balaban J connectivity index is 1.69. The molecule has 6 heteroatoms. The van der Waals surface area contributed by atoms with Crippen molar-refractivity contribution in [3.63, 3.8) is 0 Å². The van der Waals surface area contributed by atoms with Gasteiger partial charge in [-0.15, -0.1) is 6.58 Å². The molecule has 6 nitrogen and oxygen atoms in total. The lowest BCUT2D eigenvalue weighted by atomic mass is 10.1. The van der Waals surface area contributed by atoms with Gasteiger partial charge in [0.05, 0.1) is 5.56 Å². The molecule has 1 amide bonds. The Kier molecular flexibility index (Phi) is 5.43. The van der Waals surface area contributed by atoms with Gasteiger partial charge in [0.1, 0.15) is 5.75 Å². The summed E-state index contributed by atoms with van der Waals surface area (Å²) in [6, 6.07) is 14.8. The molecule has 0 bridgehead atoms. The number of carbonyl (C=O) groups excluding carboxylic acids is 1. The summed E-state index contributed by atoms with van der Waals surface area (Å²) >= 11 is 0. The van der Waals surface area contributed by atoms with E-state index in [9.17, 15) is 4.79 Å². The number of carbonyl (C=O) groups is 1. The van der Waals surface area contributed by atoms with E-state index in [-0.39, 0.29) is 12.5 Å². The lowest BCUT2D eigenvalue weighted by Gasteiger charge is -2.09. The smallest absolute Gasteiger partial charge is 0.264 e. The number of hydrogen-bond acceptors (Lipinski definition) is 5. The maximum atomic E-state index is 12.2. The second kappa shape index (κ2) is 8.11. The maximum Gasteiger partial charge on any atom is 0.264 e. The van der Waals surface area contributed by atoms with E-state index in [0.29, 0.717) is 29.6 Å². The zero-order valence-electron chi connectivity index (χ0n) is 14.4. The minimum atomic E-state index is -0.230. The Morgan fingerprint density at radius 1 is 1.23 bits per heavy atom. The van der Waals surface area contributed by atoms with Gasteiger partial charge < -0.3 is 14.6 Å². The van der Waals surface area contributed by atoms with Crippen LogP contribution in [0.3, 0.4) is 0 Å². The molecule has 3 rings (SSSR count). The number of amides is 1. The Bertz CT molecular complexity index is 901. The summed E-state index contributed by atoms with van der Waals surface area (Å²) in [5.41, 5.74) is 2.47. The van der Waals surface area contributed by atoms with Crippen LogP contribution in [0, 0.1) is 6.92 Å². The predicted octanol–water partition coefficient (Wildman–Crippen LogP) is 3.54. The highest BCUT2D eigenvalue weighted by Crippen LogP contribution is 2.20. The third kappa shape index (κ3) is 4.16. The second-order valence-corrected chi connectivity index (χ2v) is 5.66. The van der Waals surface area contributed by atoms with E-state index >= 15 is 0 Å². The van der Waals surface area contributed by atoms with Gasteiger partial charge in [-0.2, -0.15) is 4.98 Å². The average Bonchev–Trinajstić information content (AvgIpc) is 3.14. The predicted molar refractivity (Wildman–Crippen MR) is 97.8 cm³/mol. The van der Waals surface area contributed by atoms with Crippen LogP contribution in [0.1, 0.15) is 21.8 Å². The Hall–Kier alpha value is -3.41. The lowest BCUT2D eigenvalue weighted by molar-refractivity contribution is 0.0952. The fourth-order valence-corrected chi connectivity index (χ4v) is 2.31. The van der Waals surface area contributed by atoms with Crippen molar-refractivity contribution in [2.45, 2.75) is 13.5 Å². The third-order valence-corrected chi connectivity index (χ3v) is 3.67. The van der Waals surface area contributed by atoms with Crippen molar-refractivity contribution in [2.24, 2.45) is 0 Å². The van der Waals surface area contributed by atoms with Gasteiger partial charge in [0, 0.05) is 12.1 Å². The van der Waals surface area contributed by atoms with Crippen LogP contribution in [0.5, 0.6) is 5.75 Å². The average molecular weight is 349 g/mol. The number of nitrogens with one attached hydrogen (secondary N) is 1.